The topological polar surface area (TPSA) is 69.3 Å². The summed E-state index contributed by atoms with van der Waals surface area (Å²) < 4.78 is 13.1. The van der Waals surface area contributed by atoms with E-state index in [0.717, 1.165) is 11.3 Å². The number of halogens is 3. The molecule has 9 heteroatoms. The largest absolute Gasteiger partial charge is 0.486 e. The maximum absolute atomic E-state index is 12.8. The summed E-state index contributed by atoms with van der Waals surface area (Å²) >= 11 is 18.5. The number of nitrogens with one attached hydrogen (secondary N) is 1. The van der Waals surface area contributed by atoms with Crippen LogP contribution in [-0.2, 0) is 13.2 Å². The fourth-order valence-electron chi connectivity index (χ4n) is 3.30. The van der Waals surface area contributed by atoms with E-state index < -0.39 is 0 Å². The molecule has 0 aliphatic carbocycles. The first-order valence-corrected chi connectivity index (χ1v) is 11.2. The fourth-order valence-corrected chi connectivity index (χ4v) is 3.95. The van der Waals surface area contributed by atoms with Crippen molar-refractivity contribution in [1.29, 1.82) is 0 Å². The molecular formula is C24H20Cl3N3O3. The second kappa shape index (κ2) is 9.91. The molecule has 0 atom stereocenters. The average molecular weight is 505 g/mol. The Morgan fingerprint density at radius 2 is 1.73 bits per heavy atom. The Bertz CT molecular complexity index is 1280. The molecule has 0 unspecified atom stereocenters. The number of aromatic nitrogens is 2. The highest BCUT2D eigenvalue weighted by Crippen LogP contribution is 2.28. The minimum Gasteiger partial charge on any atom is -0.486 e. The monoisotopic (exact) mass is 503 g/mol. The van der Waals surface area contributed by atoms with Crippen molar-refractivity contribution < 1.29 is 13.9 Å². The number of hydrogen-bond donors (Lipinski definition) is 1. The van der Waals surface area contributed by atoms with Gasteiger partial charge in [0, 0.05) is 20.6 Å². The van der Waals surface area contributed by atoms with Gasteiger partial charge in [-0.1, -0.05) is 40.9 Å². The average Bonchev–Trinajstić information content (AvgIpc) is 3.36. The number of aryl methyl sites for hydroxylation is 1. The van der Waals surface area contributed by atoms with E-state index in [0.29, 0.717) is 44.5 Å². The van der Waals surface area contributed by atoms with Gasteiger partial charge in [-0.2, -0.15) is 5.10 Å². The zero-order valence-corrected chi connectivity index (χ0v) is 20.1. The van der Waals surface area contributed by atoms with Crippen LogP contribution in [-0.4, -0.2) is 15.7 Å². The van der Waals surface area contributed by atoms with Crippen molar-refractivity contribution in [3.63, 3.8) is 0 Å². The lowest BCUT2D eigenvalue weighted by atomic mass is 10.2. The zero-order chi connectivity index (χ0) is 23.5. The Balaban J connectivity index is 1.44. The van der Waals surface area contributed by atoms with E-state index in [9.17, 15) is 4.79 Å². The zero-order valence-electron chi connectivity index (χ0n) is 17.9. The van der Waals surface area contributed by atoms with Gasteiger partial charge in [0.2, 0.25) is 0 Å². The molecule has 1 amide bonds. The van der Waals surface area contributed by atoms with Crippen LogP contribution in [0.25, 0.3) is 0 Å². The standard InChI is InChI=1S/C24H20Cl3N3O3/c1-14-23(15(2)30(29-14)12-19-20(26)4-3-5-21(19)27)28-24(31)22-11-10-18(33-22)13-32-17-8-6-16(25)7-9-17/h3-11H,12-13H2,1-2H3,(H,28,31). The molecule has 6 nitrogen and oxygen atoms in total. The summed E-state index contributed by atoms with van der Waals surface area (Å²) in [6.07, 6.45) is 0. The van der Waals surface area contributed by atoms with Crippen LogP contribution in [0, 0.1) is 13.8 Å². The first kappa shape index (κ1) is 23.2. The third kappa shape index (κ3) is 5.36. The molecule has 0 fully saturated rings. The molecule has 2 heterocycles. The minimum absolute atomic E-state index is 0.172. The quantitative estimate of drug-likeness (QED) is 0.296. The van der Waals surface area contributed by atoms with Gasteiger partial charge in [-0.25, -0.2) is 0 Å². The Hall–Kier alpha value is -2.93. The van der Waals surface area contributed by atoms with E-state index >= 15 is 0 Å². The third-order valence-corrected chi connectivity index (χ3v) is 6.03. The van der Waals surface area contributed by atoms with Gasteiger partial charge in [-0.15, -0.1) is 0 Å². The van der Waals surface area contributed by atoms with Crippen molar-refractivity contribution in [3.8, 4) is 5.75 Å². The van der Waals surface area contributed by atoms with Crippen molar-refractivity contribution in [1.82, 2.24) is 9.78 Å². The van der Waals surface area contributed by atoms with Crippen molar-refractivity contribution in [2.45, 2.75) is 27.0 Å². The number of hydrogen-bond acceptors (Lipinski definition) is 4. The van der Waals surface area contributed by atoms with Crippen LogP contribution in [0.2, 0.25) is 15.1 Å². The van der Waals surface area contributed by atoms with Crippen LogP contribution >= 0.6 is 34.8 Å². The predicted octanol–water partition coefficient (Wildman–Crippen LogP) is 6.93. The Morgan fingerprint density at radius 3 is 2.42 bits per heavy atom. The van der Waals surface area contributed by atoms with Crippen molar-refractivity contribution in [3.05, 3.63) is 98.1 Å². The summed E-state index contributed by atoms with van der Waals surface area (Å²) in [7, 11) is 0. The number of benzene rings is 2. The van der Waals surface area contributed by atoms with E-state index in [1.807, 2.05) is 13.8 Å². The normalized spacial score (nSPS) is 10.9. The van der Waals surface area contributed by atoms with Crippen LogP contribution in [0.1, 0.15) is 33.3 Å². The molecule has 0 spiro atoms. The molecule has 4 rings (SSSR count). The van der Waals surface area contributed by atoms with Crippen molar-refractivity contribution in [2.75, 3.05) is 5.32 Å². The lowest BCUT2D eigenvalue weighted by molar-refractivity contribution is 0.0992. The number of ether oxygens (including phenoxy) is 1. The summed E-state index contributed by atoms with van der Waals surface area (Å²) in [5, 5.41) is 9.17. The second-order valence-electron chi connectivity index (χ2n) is 7.37. The number of rotatable bonds is 7. The summed E-state index contributed by atoms with van der Waals surface area (Å²) in [6.45, 7) is 4.26. The second-order valence-corrected chi connectivity index (χ2v) is 8.62. The molecule has 1 N–H and O–H groups in total. The van der Waals surface area contributed by atoms with Gasteiger partial charge in [0.25, 0.3) is 5.91 Å². The van der Waals surface area contributed by atoms with Gasteiger partial charge in [0.1, 0.15) is 18.1 Å². The molecular weight excluding hydrogens is 485 g/mol. The smallest absolute Gasteiger partial charge is 0.291 e. The number of nitrogens with zero attached hydrogens (tertiary/aromatic N) is 2. The highest BCUT2D eigenvalue weighted by Gasteiger charge is 2.19. The van der Waals surface area contributed by atoms with Gasteiger partial charge in [-0.3, -0.25) is 9.48 Å². The lowest BCUT2D eigenvalue weighted by Gasteiger charge is -2.09. The highest BCUT2D eigenvalue weighted by molar-refractivity contribution is 6.36. The van der Waals surface area contributed by atoms with E-state index in [1.165, 1.54) is 0 Å². The highest BCUT2D eigenvalue weighted by atomic mass is 35.5. The Kier molecular flexibility index (Phi) is 6.98. The molecule has 0 saturated carbocycles. The molecule has 0 saturated heterocycles. The van der Waals surface area contributed by atoms with Crippen molar-refractivity contribution in [2.24, 2.45) is 0 Å². The maximum atomic E-state index is 12.8. The van der Waals surface area contributed by atoms with Crippen LogP contribution in [0.4, 0.5) is 5.69 Å². The maximum Gasteiger partial charge on any atom is 0.291 e. The molecule has 0 radical (unpaired) electrons. The van der Waals surface area contributed by atoms with Gasteiger partial charge < -0.3 is 14.5 Å². The molecule has 170 valence electrons. The number of amides is 1. The molecule has 0 aliphatic heterocycles. The van der Waals surface area contributed by atoms with Gasteiger partial charge in [-0.05, 0) is 62.4 Å². The van der Waals surface area contributed by atoms with Crippen LogP contribution in [0.15, 0.2) is 59.0 Å². The van der Waals surface area contributed by atoms with E-state index in [-0.39, 0.29) is 18.3 Å². The van der Waals surface area contributed by atoms with Gasteiger partial charge in [0.15, 0.2) is 5.76 Å². The Morgan fingerprint density at radius 1 is 1.03 bits per heavy atom. The summed E-state index contributed by atoms with van der Waals surface area (Å²) in [5.74, 6) is 0.964. The predicted molar refractivity (Wildman–Crippen MR) is 130 cm³/mol. The molecule has 2 aromatic heterocycles. The number of anilines is 1. The Labute approximate surface area is 206 Å². The lowest BCUT2D eigenvalue weighted by Crippen LogP contribution is -2.12. The molecule has 4 aromatic rings. The SMILES string of the molecule is Cc1nn(Cc2c(Cl)cccc2Cl)c(C)c1NC(=O)c1ccc(COc2ccc(Cl)cc2)o1. The van der Waals surface area contributed by atoms with Crippen LogP contribution in [0.5, 0.6) is 5.75 Å². The fraction of sp³-hybridized carbons (Fsp3) is 0.167. The minimum atomic E-state index is -0.380. The van der Waals surface area contributed by atoms with Crippen LogP contribution < -0.4 is 10.1 Å². The van der Waals surface area contributed by atoms with E-state index in [1.54, 1.807) is 59.3 Å². The first-order valence-electron chi connectivity index (χ1n) is 10.1. The van der Waals surface area contributed by atoms with Gasteiger partial charge in [0.05, 0.1) is 23.6 Å². The van der Waals surface area contributed by atoms with E-state index in [4.69, 9.17) is 44.0 Å². The molecule has 0 bridgehead atoms. The summed E-state index contributed by atoms with van der Waals surface area (Å²) in [6, 6.07) is 15.7. The van der Waals surface area contributed by atoms with Crippen molar-refractivity contribution >= 4 is 46.4 Å². The van der Waals surface area contributed by atoms with Crippen LogP contribution in [0.3, 0.4) is 0 Å². The van der Waals surface area contributed by atoms with E-state index in [2.05, 4.69) is 10.4 Å². The summed E-state index contributed by atoms with van der Waals surface area (Å²) in [4.78, 5) is 12.8. The molecule has 2 aromatic carbocycles. The summed E-state index contributed by atoms with van der Waals surface area (Å²) in [5.41, 5.74) is 2.82. The number of furan rings is 1. The third-order valence-electron chi connectivity index (χ3n) is 5.07. The van der Waals surface area contributed by atoms with Gasteiger partial charge >= 0.3 is 0 Å². The molecule has 33 heavy (non-hydrogen) atoms. The first-order chi connectivity index (χ1) is 15.8. The number of carbonyl (C=O) groups excluding carboxylic acids is 1. The molecule has 0 aliphatic rings. The number of carbonyl (C=O) groups is 1.